The smallest absolute Gasteiger partial charge is 0.157 e. The van der Waals surface area contributed by atoms with Gasteiger partial charge in [-0.2, -0.15) is 17.7 Å². The van der Waals surface area contributed by atoms with Crippen molar-refractivity contribution in [3.05, 3.63) is 12.4 Å². The molecule has 68 valence electrons. The maximum atomic E-state index is 5.32. The van der Waals surface area contributed by atoms with Gasteiger partial charge in [-0.05, 0) is 6.42 Å². The highest BCUT2D eigenvalue weighted by atomic mass is 32.1. The van der Waals surface area contributed by atoms with Crippen molar-refractivity contribution < 1.29 is 4.74 Å². The van der Waals surface area contributed by atoms with E-state index in [1.807, 2.05) is 10.9 Å². The van der Waals surface area contributed by atoms with E-state index in [2.05, 4.69) is 24.7 Å². The lowest BCUT2D eigenvalue weighted by Gasteiger charge is -1.98. The van der Waals surface area contributed by atoms with Crippen molar-refractivity contribution in [3.63, 3.8) is 0 Å². The summed E-state index contributed by atoms with van der Waals surface area (Å²) >= 11 is 4.05. The van der Waals surface area contributed by atoms with Crippen LogP contribution in [0.1, 0.15) is 13.3 Å². The molecule has 0 aliphatic heterocycles. The summed E-state index contributed by atoms with van der Waals surface area (Å²) in [6, 6.07) is 0. The Kier molecular flexibility index (Phi) is 4.00. The molecule has 0 aliphatic carbocycles. The molecule has 0 spiro atoms. The topological polar surface area (TPSA) is 27.1 Å². The molecule has 0 N–H and O–H groups in total. The first-order valence-electron chi connectivity index (χ1n) is 4.13. The molecule has 0 amide bonds. The van der Waals surface area contributed by atoms with E-state index in [1.165, 1.54) is 0 Å². The fraction of sp³-hybridized carbons (Fsp3) is 0.625. The molecule has 0 unspecified atom stereocenters. The number of rotatable bonds is 5. The van der Waals surface area contributed by atoms with E-state index < -0.39 is 0 Å². The quantitative estimate of drug-likeness (QED) is 0.707. The Morgan fingerprint density at radius 3 is 3.17 bits per heavy atom. The number of nitrogens with zero attached hydrogens (tertiary/aromatic N) is 2. The molecule has 0 aromatic carbocycles. The van der Waals surface area contributed by atoms with Gasteiger partial charge in [0.05, 0.1) is 19.0 Å². The van der Waals surface area contributed by atoms with Crippen LogP contribution in [-0.2, 0) is 6.54 Å². The first-order chi connectivity index (χ1) is 5.86. The summed E-state index contributed by atoms with van der Waals surface area (Å²) in [7, 11) is 0. The summed E-state index contributed by atoms with van der Waals surface area (Å²) in [6.07, 6.45) is 4.74. The van der Waals surface area contributed by atoms with Crippen LogP contribution < -0.4 is 4.74 Å². The van der Waals surface area contributed by atoms with Crippen molar-refractivity contribution in [1.82, 2.24) is 9.78 Å². The molecule has 0 saturated carbocycles. The van der Waals surface area contributed by atoms with Crippen LogP contribution in [0.15, 0.2) is 12.4 Å². The number of hydrogen-bond donors (Lipinski definition) is 1. The van der Waals surface area contributed by atoms with Gasteiger partial charge in [0.1, 0.15) is 0 Å². The molecule has 3 nitrogen and oxygen atoms in total. The van der Waals surface area contributed by atoms with E-state index in [9.17, 15) is 0 Å². The van der Waals surface area contributed by atoms with Crippen molar-refractivity contribution in [2.24, 2.45) is 0 Å². The first kappa shape index (κ1) is 9.45. The Morgan fingerprint density at radius 1 is 1.67 bits per heavy atom. The summed E-state index contributed by atoms with van der Waals surface area (Å²) in [5.41, 5.74) is 0. The highest BCUT2D eigenvalue weighted by molar-refractivity contribution is 7.80. The summed E-state index contributed by atoms with van der Waals surface area (Å²) in [6.45, 7) is 3.71. The Morgan fingerprint density at radius 2 is 2.50 bits per heavy atom. The minimum atomic E-state index is 0.640. The van der Waals surface area contributed by atoms with Crippen molar-refractivity contribution >= 4 is 12.6 Å². The minimum absolute atomic E-state index is 0.640. The normalized spacial score (nSPS) is 10.2. The lowest BCUT2D eigenvalue weighted by Crippen LogP contribution is -1.98. The predicted octanol–water partition coefficient (Wildman–Crippen LogP) is 1.60. The van der Waals surface area contributed by atoms with Gasteiger partial charge in [-0.15, -0.1) is 0 Å². The van der Waals surface area contributed by atoms with Gasteiger partial charge in [0.25, 0.3) is 0 Å². The Labute approximate surface area is 78.1 Å². The van der Waals surface area contributed by atoms with E-state index in [0.717, 1.165) is 24.5 Å². The summed E-state index contributed by atoms with van der Waals surface area (Å²) in [5.74, 6) is 1.57. The van der Waals surface area contributed by atoms with Crippen LogP contribution in [0.5, 0.6) is 5.75 Å². The van der Waals surface area contributed by atoms with Crippen LogP contribution >= 0.6 is 12.6 Å². The minimum Gasteiger partial charge on any atom is -0.489 e. The summed E-state index contributed by atoms with van der Waals surface area (Å²) in [5, 5.41) is 4.13. The zero-order valence-corrected chi connectivity index (χ0v) is 8.13. The molecule has 4 heteroatoms. The van der Waals surface area contributed by atoms with E-state index in [0.29, 0.717) is 6.61 Å². The zero-order valence-electron chi connectivity index (χ0n) is 7.23. The molecule has 0 bridgehead atoms. The molecular formula is C8H14N2OS. The Hall–Kier alpha value is -0.640. The fourth-order valence-electron chi connectivity index (χ4n) is 0.934. The molecule has 1 heterocycles. The number of ether oxygens (including phenoxy) is 1. The maximum absolute atomic E-state index is 5.32. The van der Waals surface area contributed by atoms with Crippen molar-refractivity contribution in [1.29, 1.82) is 0 Å². The van der Waals surface area contributed by atoms with Gasteiger partial charge in [0, 0.05) is 12.3 Å². The van der Waals surface area contributed by atoms with Gasteiger partial charge in [-0.1, -0.05) is 6.92 Å². The molecule has 1 aromatic rings. The second-order valence-electron chi connectivity index (χ2n) is 2.51. The van der Waals surface area contributed by atoms with Crippen LogP contribution in [0.4, 0.5) is 0 Å². The van der Waals surface area contributed by atoms with Crippen LogP contribution in [0.25, 0.3) is 0 Å². The number of aromatic nitrogens is 2. The van der Waals surface area contributed by atoms with Gasteiger partial charge in [-0.3, -0.25) is 4.68 Å². The van der Waals surface area contributed by atoms with Gasteiger partial charge >= 0.3 is 0 Å². The van der Waals surface area contributed by atoms with Crippen LogP contribution in [0, 0.1) is 0 Å². The van der Waals surface area contributed by atoms with Crippen molar-refractivity contribution in [2.45, 2.75) is 19.9 Å². The standard InChI is InChI=1S/C8H14N2OS/c1-2-3-10-7-8(6-9-10)11-4-5-12/h6-7,12H,2-5H2,1H3. The van der Waals surface area contributed by atoms with E-state index in [1.54, 1.807) is 6.20 Å². The van der Waals surface area contributed by atoms with Gasteiger partial charge in [0.15, 0.2) is 5.75 Å². The van der Waals surface area contributed by atoms with E-state index in [4.69, 9.17) is 4.74 Å². The fourth-order valence-corrected chi connectivity index (χ4v) is 1.03. The number of thiol groups is 1. The Balaban J connectivity index is 2.41. The third-order valence-electron chi connectivity index (χ3n) is 1.42. The SMILES string of the molecule is CCCn1cc(OCCS)cn1. The monoisotopic (exact) mass is 186 g/mol. The highest BCUT2D eigenvalue weighted by Crippen LogP contribution is 2.08. The molecule has 1 rings (SSSR count). The van der Waals surface area contributed by atoms with Crippen LogP contribution in [0.2, 0.25) is 0 Å². The highest BCUT2D eigenvalue weighted by Gasteiger charge is 1.96. The first-order valence-corrected chi connectivity index (χ1v) is 4.76. The average molecular weight is 186 g/mol. The predicted molar refractivity (Wildman–Crippen MR) is 51.9 cm³/mol. The van der Waals surface area contributed by atoms with E-state index >= 15 is 0 Å². The second kappa shape index (κ2) is 5.09. The molecule has 0 radical (unpaired) electrons. The van der Waals surface area contributed by atoms with Gasteiger partial charge in [0.2, 0.25) is 0 Å². The molecule has 12 heavy (non-hydrogen) atoms. The molecule has 1 aromatic heterocycles. The van der Waals surface area contributed by atoms with Crippen molar-refractivity contribution in [3.8, 4) is 5.75 Å². The number of aryl methyl sites for hydroxylation is 1. The summed E-state index contributed by atoms with van der Waals surface area (Å²) in [4.78, 5) is 0. The molecular weight excluding hydrogens is 172 g/mol. The maximum Gasteiger partial charge on any atom is 0.157 e. The average Bonchev–Trinajstić information content (AvgIpc) is 2.50. The molecule has 0 fully saturated rings. The van der Waals surface area contributed by atoms with Crippen LogP contribution in [0.3, 0.4) is 0 Å². The second-order valence-corrected chi connectivity index (χ2v) is 2.96. The third-order valence-corrected chi connectivity index (χ3v) is 1.60. The van der Waals surface area contributed by atoms with Gasteiger partial charge in [-0.25, -0.2) is 0 Å². The third kappa shape index (κ3) is 2.77. The molecule has 0 saturated heterocycles. The molecule has 0 aliphatic rings. The van der Waals surface area contributed by atoms with Crippen molar-refractivity contribution in [2.75, 3.05) is 12.4 Å². The van der Waals surface area contributed by atoms with Gasteiger partial charge < -0.3 is 4.74 Å². The summed E-state index contributed by atoms with van der Waals surface area (Å²) < 4.78 is 7.21. The molecule has 0 atom stereocenters. The zero-order chi connectivity index (χ0) is 8.81. The largest absolute Gasteiger partial charge is 0.489 e. The Bertz CT molecular complexity index is 225. The lowest BCUT2D eigenvalue weighted by molar-refractivity contribution is 0.343. The number of hydrogen-bond acceptors (Lipinski definition) is 3. The lowest BCUT2D eigenvalue weighted by atomic mass is 10.5. The van der Waals surface area contributed by atoms with E-state index in [-0.39, 0.29) is 0 Å². The van der Waals surface area contributed by atoms with Crippen LogP contribution in [-0.4, -0.2) is 22.1 Å².